The number of terminal acetylenes is 1. The maximum absolute atomic E-state index is 5.38. The molecule has 0 unspecified atom stereocenters. The molecule has 1 aromatic heterocycles. The summed E-state index contributed by atoms with van der Waals surface area (Å²) in [4.78, 5) is 4.20. The zero-order valence-corrected chi connectivity index (χ0v) is 6.32. The molecule has 1 aliphatic rings. The molecule has 1 saturated carbocycles. The zero-order valence-electron chi connectivity index (χ0n) is 5.50. The molecule has 0 amide bonds. The van der Waals surface area contributed by atoms with Crippen molar-refractivity contribution in [2.45, 2.75) is 18.3 Å². The van der Waals surface area contributed by atoms with Crippen LogP contribution >= 0.6 is 11.3 Å². The minimum atomic E-state index is 0.0498. The van der Waals surface area contributed by atoms with Crippen LogP contribution in [0.25, 0.3) is 0 Å². The fraction of sp³-hybridized carbons (Fsp3) is 0.375. The summed E-state index contributed by atoms with van der Waals surface area (Å²) in [6, 6.07) is 0. The largest absolute Gasteiger partial charge is 0.248 e. The fourth-order valence-electron chi connectivity index (χ4n) is 1.00. The number of thiazole rings is 1. The summed E-state index contributed by atoms with van der Waals surface area (Å²) in [5.41, 5.74) is 0.0498. The Morgan fingerprint density at radius 3 is 2.90 bits per heavy atom. The lowest BCUT2D eigenvalue weighted by atomic mass is 10.1. The molecule has 0 aromatic carbocycles. The summed E-state index contributed by atoms with van der Waals surface area (Å²) in [6.45, 7) is 0. The van der Waals surface area contributed by atoms with Crippen molar-refractivity contribution in [1.82, 2.24) is 4.98 Å². The predicted molar refractivity (Wildman–Crippen MR) is 41.9 cm³/mol. The topological polar surface area (TPSA) is 12.9 Å². The second-order valence-corrected chi connectivity index (χ2v) is 3.46. The van der Waals surface area contributed by atoms with E-state index in [0.29, 0.717) is 0 Å². The van der Waals surface area contributed by atoms with Gasteiger partial charge in [0, 0.05) is 11.6 Å². The summed E-state index contributed by atoms with van der Waals surface area (Å²) in [6.07, 6.45) is 9.44. The Morgan fingerprint density at radius 1 is 1.70 bits per heavy atom. The highest BCUT2D eigenvalue weighted by molar-refractivity contribution is 7.09. The van der Waals surface area contributed by atoms with Crippen LogP contribution in [0.2, 0.25) is 0 Å². The van der Waals surface area contributed by atoms with Gasteiger partial charge in [-0.2, -0.15) is 0 Å². The van der Waals surface area contributed by atoms with Crippen molar-refractivity contribution in [3.63, 3.8) is 0 Å². The van der Waals surface area contributed by atoms with Gasteiger partial charge in [0.05, 0.1) is 5.41 Å². The monoisotopic (exact) mass is 149 g/mol. The molecule has 0 radical (unpaired) electrons. The molecule has 50 valence electrons. The highest BCUT2D eigenvalue weighted by atomic mass is 32.1. The van der Waals surface area contributed by atoms with Gasteiger partial charge >= 0.3 is 0 Å². The molecule has 2 heteroatoms. The van der Waals surface area contributed by atoms with E-state index in [1.165, 1.54) is 0 Å². The van der Waals surface area contributed by atoms with E-state index in [4.69, 9.17) is 6.42 Å². The van der Waals surface area contributed by atoms with Crippen molar-refractivity contribution in [1.29, 1.82) is 0 Å². The Labute approximate surface area is 64.1 Å². The van der Waals surface area contributed by atoms with E-state index in [0.717, 1.165) is 17.8 Å². The summed E-state index contributed by atoms with van der Waals surface area (Å²) in [7, 11) is 0. The van der Waals surface area contributed by atoms with Gasteiger partial charge in [-0.15, -0.1) is 17.8 Å². The van der Waals surface area contributed by atoms with Crippen LogP contribution in [0.5, 0.6) is 0 Å². The van der Waals surface area contributed by atoms with Gasteiger partial charge in [-0.3, -0.25) is 0 Å². The molecule has 1 aromatic rings. The van der Waals surface area contributed by atoms with Crippen molar-refractivity contribution in [3.05, 3.63) is 16.6 Å². The lowest BCUT2D eigenvalue weighted by Gasteiger charge is -1.98. The van der Waals surface area contributed by atoms with Gasteiger partial charge in [0.1, 0.15) is 5.01 Å². The summed E-state index contributed by atoms with van der Waals surface area (Å²) in [5, 5.41) is 3.10. The maximum Gasteiger partial charge on any atom is 0.111 e. The normalized spacial score (nSPS) is 19.9. The molecule has 0 atom stereocenters. The molecule has 0 bridgehead atoms. The Morgan fingerprint density at radius 2 is 2.50 bits per heavy atom. The third-order valence-corrected chi connectivity index (χ3v) is 2.85. The number of hydrogen-bond acceptors (Lipinski definition) is 2. The van der Waals surface area contributed by atoms with Gasteiger partial charge in [0.25, 0.3) is 0 Å². The average molecular weight is 149 g/mol. The molecule has 10 heavy (non-hydrogen) atoms. The minimum Gasteiger partial charge on any atom is -0.248 e. The summed E-state index contributed by atoms with van der Waals surface area (Å²) >= 11 is 1.66. The van der Waals surface area contributed by atoms with E-state index in [1.54, 1.807) is 11.3 Å². The zero-order chi connectivity index (χ0) is 7.03. The van der Waals surface area contributed by atoms with Gasteiger partial charge in [-0.05, 0) is 12.8 Å². The predicted octanol–water partition coefficient (Wildman–Crippen LogP) is 1.81. The molecule has 1 heterocycles. The molecule has 0 saturated heterocycles. The third kappa shape index (κ3) is 0.676. The molecular weight excluding hydrogens is 142 g/mol. The quantitative estimate of drug-likeness (QED) is 0.555. The molecular formula is C8H7NS. The van der Waals surface area contributed by atoms with Crippen molar-refractivity contribution in [3.8, 4) is 12.3 Å². The molecule has 1 nitrogen and oxygen atoms in total. The van der Waals surface area contributed by atoms with E-state index in [1.807, 2.05) is 11.6 Å². The maximum atomic E-state index is 5.38. The van der Waals surface area contributed by atoms with E-state index in [9.17, 15) is 0 Å². The molecule has 0 aliphatic heterocycles. The van der Waals surface area contributed by atoms with Gasteiger partial charge in [-0.25, -0.2) is 4.98 Å². The van der Waals surface area contributed by atoms with Crippen LogP contribution in [-0.2, 0) is 5.41 Å². The first-order valence-corrected chi connectivity index (χ1v) is 4.13. The van der Waals surface area contributed by atoms with Crippen molar-refractivity contribution in [2.75, 3.05) is 0 Å². The second kappa shape index (κ2) is 1.83. The molecule has 1 fully saturated rings. The Hall–Kier alpha value is -0.810. The molecule has 1 aliphatic carbocycles. The first-order chi connectivity index (χ1) is 4.87. The Balaban J connectivity index is 2.38. The molecule has 0 spiro atoms. The second-order valence-electron chi connectivity index (χ2n) is 2.56. The van der Waals surface area contributed by atoms with Crippen LogP contribution in [0.15, 0.2) is 11.6 Å². The number of nitrogens with zero attached hydrogens (tertiary/aromatic N) is 1. The van der Waals surface area contributed by atoms with Gasteiger partial charge in [-0.1, -0.05) is 5.92 Å². The van der Waals surface area contributed by atoms with E-state index >= 15 is 0 Å². The number of aromatic nitrogens is 1. The smallest absolute Gasteiger partial charge is 0.111 e. The number of rotatable bonds is 1. The molecule has 2 rings (SSSR count). The SMILES string of the molecule is C#CC1(c2nccs2)CC1. The van der Waals surface area contributed by atoms with E-state index in [2.05, 4.69) is 10.9 Å². The van der Waals surface area contributed by atoms with Crippen LogP contribution in [-0.4, -0.2) is 4.98 Å². The third-order valence-electron chi connectivity index (χ3n) is 1.87. The summed E-state index contributed by atoms with van der Waals surface area (Å²) in [5.74, 6) is 2.80. The highest BCUT2D eigenvalue weighted by Gasteiger charge is 2.44. The van der Waals surface area contributed by atoms with Crippen molar-refractivity contribution >= 4 is 11.3 Å². The Bertz CT molecular complexity index is 264. The van der Waals surface area contributed by atoms with E-state index < -0.39 is 0 Å². The standard InChI is InChI=1S/C8H7NS/c1-2-8(3-4-8)7-9-5-6-10-7/h1,5-6H,3-4H2. The van der Waals surface area contributed by atoms with Gasteiger partial charge < -0.3 is 0 Å². The number of hydrogen-bond donors (Lipinski definition) is 0. The van der Waals surface area contributed by atoms with E-state index in [-0.39, 0.29) is 5.41 Å². The first-order valence-electron chi connectivity index (χ1n) is 3.25. The van der Waals surface area contributed by atoms with Gasteiger partial charge in [0.15, 0.2) is 0 Å². The van der Waals surface area contributed by atoms with Gasteiger partial charge in [0.2, 0.25) is 0 Å². The highest BCUT2D eigenvalue weighted by Crippen LogP contribution is 2.47. The lowest BCUT2D eigenvalue weighted by Crippen LogP contribution is -2.00. The van der Waals surface area contributed by atoms with Crippen LogP contribution in [0.1, 0.15) is 17.8 Å². The summed E-state index contributed by atoms with van der Waals surface area (Å²) < 4.78 is 0. The minimum absolute atomic E-state index is 0.0498. The first kappa shape index (κ1) is 5.94. The lowest BCUT2D eigenvalue weighted by molar-refractivity contribution is 0.910. The molecule has 0 N–H and O–H groups in total. The van der Waals surface area contributed by atoms with Crippen LogP contribution < -0.4 is 0 Å². The van der Waals surface area contributed by atoms with Crippen LogP contribution in [0.4, 0.5) is 0 Å². The van der Waals surface area contributed by atoms with Crippen LogP contribution in [0, 0.1) is 12.3 Å². The van der Waals surface area contributed by atoms with Crippen LogP contribution in [0.3, 0.4) is 0 Å². The van der Waals surface area contributed by atoms with Crippen molar-refractivity contribution < 1.29 is 0 Å². The van der Waals surface area contributed by atoms with Crippen molar-refractivity contribution in [2.24, 2.45) is 0 Å². The Kier molecular flexibility index (Phi) is 1.09. The average Bonchev–Trinajstić information content (AvgIpc) is 2.58. The fourth-order valence-corrected chi connectivity index (χ4v) is 1.87.